The second-order valence-electron chi connectivity index (χ2n) is 3.40. The van der Waals surface area contributed by atoms with Crippen molar-refractivity contribution in [2.24, 2.45) is 0 Å². The van der Waals surface area contributed by atoms with E-state index in [0.29, 0.717) is 16.7 Å². The number of aliphatic hydroxyl groups is 1. The lowest BCUT2D eigenvalue weighted by atomic mass is 10.2. The number of nitrogens with zero attached hydrogens (tertiary/aromatic N) is 1. The molecule has 0 unspecified atom stereocenters. The third kappa shape index (κ3) is 3.68. The molecule has 1 heterocycles. The average Bonchev–Trinajstić information content (AvgIpc) is 2.19. The van der Waals surface area contributed by atoms with Crippen molar-refractivity contribution in [1.29, 1.82) is 0 Å². The van der Waals surface area contributed by atoms with E-state index >= 15 is 0 Å². The van der Waals surface area contributed by atoms with Crippen molar-refractivity contribution in [3.63, 3.8) is 0 Å². The largest absolute Gasteiger partial charge is 0.398 e. The molecule has 84 valence electrons. The predicted molar refractivity (Wildman–Crippen MR) is 63.8 cm³/mol. The van der Waals surface area contributed by atoms with Gasteiger partial charge in [0.15, 0.2) is 0 Å². The molecule has 0 fully saturated rings. The Morgan fingerprint density at radius 1 is 1.40 bits per heavy atom. The second-order valence-corrected chi connectivity index (χ2v) is 4.26. The fraction of sp³-hybridized carbons (Fsp3) is 0.500. The average molecular weight is 275 g/mol. The molecule has 4 nitrogen and oxygen atoms in total. The molecule has 5 heteroatoms. The van der Waals surface area contributed by atoms with Crippen molar-refractivity contribution < 1.29 is 5.11 Å². The second kappa shape index (κ2) is 5.92. The molecule has 0 aliphatic carbocycles. The molecular formula is C10H15BrN2O2. The number of halogens is 1. The van der Waals surface area contributed by atoms with Crippen LogP contribution >= 0.6 is 15.9 Å². The van der Waals surface area contributed by atoms with Gasteiger partial charge in [-0.15, -0.1) is 0 Å². The zero-order valence-corrected chi connectivity index (χ0v) is 10.0. The van der Waals surface area contributed by atoms with Gasteiger partial charge in [0.05, 0.1) is 4.47 Å². The van der Waals surface area contributed by atoms with Crippen molar-refractivity contribution in [2.75, 3.05) is 12.3 Å². The lowest BCUT2D eigenvalue weighted by Crippen LogP contribution is -2.20. The molecule has 1 aromatic rings. The zero-order valence-electron chi connectivity index (χ0n) is 8.45. The molecule has 0 spiro atoms. The summed E-state index contributed by atoms with van der Waals surface area (Å²) in [6.07, 6.45) is 4.20. The van der Waals surface area contributed by atoms with Crippen LogP contribution < -0.4 is 11.3 Å². The molecule has 0 atom stereocenters. The van der Waals surface area contributed by atoms with Gasteiger partial charge in [-0.05, 0) is 41.3 Å². The summed E-state index contributed by atoms with van der Waals surface area (Å²) >= 11 is 3.17. The van der Waals surface area contributed by atoms with Gasteiger partial charge >= 0.3 is 0 Å². The third-order valence-corrected chi connectivity index (χ3v) is 2.69. The lowest BCUT2D eigenvalue weighted by Gasteiger charge is -2.06. The SMILES string of the molecule is Nc1cc(Br)c(=O)n(CCCCCO)c1. The number of aromatic nitrogens is 1. The molecule has 0 radical (unpaired) electrons. The molecule has 0 aromatic carbocycles. The van der Waals surface area contributed by atoms with Crippen LogP contribution in [-0.2, 0) is 6.54 Å². The van der Waals surface area contributed by atoms with Crippen LogP contribution in [0.1, 0.15) is 19.3 Å². The zero-order chi connectivity index (χ0) is 11.3. The Morgan fingerprint density at radius 3 is 2.80 bits per heavy atom. The maximum Gasteiger partial charge on any atom is 0.264 e. The first-order valence-corrected chi connectivity index (χ1v) is 5.71. The number of hydrogen-bond donors (Lipinski definition) is 2. The van der Waals surface area contributed by atoms with Gasteiger partial charge in [-0.2, -0.15) is 0 Å². The first-order valence-electron chi connectivity index (χ1n) is 4.91. The molecular weight excluding hydrogens is 260 g/mol. The van der Waals surface area contributed by atoms with E-state index in [9.17, 15) is 4.79 Å². The van der Waals surface area contributed by atoms with Crippen LogP contribution in [0.2, 0.25) is 0 Å². The van der Waals surface area contributed by atoms with Gasteiger partial charge in [0.2, 0.25) is 0 Å². The highest BCUT2D eigenvalue weighted by molar-refractivity contribution is 9.10. The van der Waals surface area contributed by atoms with Gasteiger partial charge in [-0.25, -0.2) is 0 Å². The summed E-state index contributed by atoms with van der Waals surface area (Å²) in [5, 5.41) is 8.61. The Morgan fingerprint density at radius 2 is 2.13 bits per heavy atom. The summed E-state index contributed by atoms with van der Waals surface area (Å²) in [7, 11) is 0. The van der Waals surface area contributed by atoms with E-state index in [1.165, 1.54) is 0 Å². The summed E-state index contributed by atoms with van der Waals surface area (Å²) in [6.45, 7) is 0.845. The maximum atomic E-state index is 11.6. The van der Waals surface area contributed by atoms with E-state index in [-0.39, 0.29) is 12.2 Å². The number of rotatable bonds is 5. The molecule has 0 saturated heterocycles. The monoisotopic (exact) mass is 274 g/mol. The quantitative estimate of drug-likeness (QED) is 0.797. The molecule has 0 saturated carbocycles. The highest BCUT2D eigenvalue weighted by atomic mass is 79.9. The summed E-state index contributed by atoms with van der Waals surface area (Å²) in [5.41, 5.74) is 6.14. The third-order valence-electron chi connectivity index (χ3n) is 2.12. The van der Waals surface area contributed by atoms with Crippen LogP contribution in [-0.4, -0.2) is 16.3 Å². The molecule has 1 aromatic heterocycles. The van der Waals surface area contributed by atoms with Gasteiger partial charge in [-0.3, -0.25) is 4.79 Å². The van der Waals surface area contributed by atoms with Gasteiger partial charge in [-0.1, -0.05) is 0 Å². The van der Waals surface area contributed by atoms with Crippen molar-refractivity contribution in [3.8, 4) is 0 Å². The minimum absolute atomic E-state index is 0.0619. The van der Waals surface area contributed by atoms with Gasteiger partial charge in [0.1, 0.15) is 0 Å². The Hall–Kier alpha value is -0.810. The Bertz CT molecular complexity index is 376. The van der Waals surface area contributed by atoms with E-state index in [4.69, 9.17) is 10.8 Å². The number of nitrogen functional groups attached to an aromatic ring is 1. The van der Waals surface area contributed by atoms with Crippen molar-refractivity contribution in [3.05, 3.63) is 27.1 Å². The van der Waals surface area contributed by atoms with Gasteiger partial charge < -0.3 is 15.4 Å². The summed E-state index contributed by atoms with van der Waals surface area (Å²) in [4.78, 5) is 11.6. The minimum Gasteiger partial charge on any atom is -0.398 e. The van der Waals surface area contributed by atoms with E-state index in [1.54, 1.807) is 16.8 Å². The number of anilines is 1. The molecule has 0 aliphatic heterocycles. The van der Waals surface area contributed by atoms with Crippen LogP contribution in [0.5, 0.6) is 0 Å². The first-order chi connectivity index (χ1) is 7.15. The molecule has 0 bridgehead atoms. The Labute approximate surface area is 96.8 Å². The molecule has 1 rings (SSSR count). The summed E-state index contributed by atoms with van der Waals surface area (Å²) in [5.74, 6) is 0. The summed E-state index contributed by atoms with van der Waals surface area (Å²) in [6, 6.07) is 1.60. The number of aliphatic hydroxyl groups excluding tert-OH is 1. The van der Waals surface area contributed by atoms with Crippen molar-refractivity contribution in [1.82, 2.24) is 4.57 Å². The minimum atomic E-state index is -0.0619. The number of hydrogen-bond acceptors (Lipinski definition) is 3. The molecule has 0 aliphatic rings. The molecule has 3 N–H and O–H groups in total. The highest BCUT2D eigenvalue weighted by Crippen LogP contribution is 2.09. The van der Waals surface area contributed by atoms with Crippen LogP contribution in [0, 0.1) is 0 Å². The normalized spacial score (nSPS) is 10.5. The summed E-state index contributed by atoms with van der Waals surface area (Å²) < 4.78 is 2.08. The van der Waals surface area contributed by atoms with Crippen molar-refractivity contribution in [2.45, 2.75) is 25.8 Å². The lowest BCUT2D eigenvalue weighted by molar-refractivity contribution is 0.281. The van der Waals surface area contributed by atoms with Crippen LogP contribution in [0.4, 0.5) is 5.69 Å². The van der Waals surface area contributed by atoms with E-state index in [2.05, 4.69) is 15.9 Å². The number of aryl methyl sites for hydroxylation is 1. The standard InChI is InChI=1S/C10H15BrN2O2/c11-9-6-8(12)7-13(10(9)15)4-2-1-3-5-14/h6-7,14H,1-5,12H2. The highest BCUT2D eigenvalue weighted by Gasteiger charge is 2.02. The number of nitrogens with two attached hydrogens (primary N) is 1. The van der Waals surface area contributed by atoms with Crippen LogP contribution in [0.15, 0.2) is 21.5 Å². The molecule has 0 amide bonds. The Balaban J connectivity index is 2.64. The number of pyridine rings is 1. The van der Waals surface area contributed by atoms with Crippen molar-refractivity contribution >= 4 is 21.6 Å². The number of unbranched alkanes of at least 4 members (excludes halogenated alkanes) is 2. The topological polar surface area (TPSA) is 68.2 Å². The van der Waals surface area contributed by atoms with Gasteiger partial charge in [0, 0.05) is 25.0 Å². The van der Waals surface area contributed by atoms with Crippen LogP contribution in [0.3, 0.4) is 0 Å². The first kappa shape index (κ1) is 12.3. The maximum absolute atomic E-state index is 11.6. The van der Waals surface area contributed by atoms with Crippen LogP contribution in [0.25, 0.3) is 0 Å². The smallest absolute Gasteiger partial charge is 0.264 e. The van der Waals surface area contributed by atoms with Gasteiger partial charge in [0.25, 0.3) is 5.56 Å². The van der Waals surface area contributed by atoms with E-state index in [1.807, 2.05) is 0 Å². The van der Waals surface area contributed by atoms with E-state index in [0.717, 1.165) is 19.3 Å². The predicted octanol–water partition coefficient (Wildman–Crippen LogP) is 1.36. The fourth-order valence-corrected chi connectivity index (χ4v) is 1.85. The Kier molecular flexibility index (Phi) is 4.84. The van der Waals surface area contributed by atoms with E-state index < -0.39 is 0 Å². The fourth-order valence-electron chi connectivity index (χ4n) is 1.36. The molecule has 15 heavy (non-hydrogen) atoms.